The van der Waals surface area contributed by atoms with E-state index in [2.05, 4.69) is 72.7 Å². The average molecular weight is 778 g/mol. The molecule has 17 nitrogen and oxygen atoms in total. The minimum absolute atomic E-state index is 0.0510. The maximum Gasteiger partial charge on any atom is 0.242 e. The molecule has 304 valence electrons. The Morgan fingerprint density at radius 3 is 1.91 bits per heavy atom. The Morgan fingerprint density at radius 1 is 0.741 bits per heavy atom. The van der Waals surface area contributed by atoms with Crippen molar-refractivity contribution in [3.05, 3.63) is 29.8 Å². The monoisotopic (exact) mass is 777 g/mol. The van der Waals surface area contributed by atoms with E-state index < -0.39 is 23.7 Å². The molecule has 0 saturated carbocycles. The molecule has 2 heterocycles. The molecule has 2 atom stereocenters. The van der Waals surface area contributed by atoms with E-state index in [0.29, 0.717) is 52.0 Å². The number of nitrogens with one attached hydrogen (secondary N) is 10. The second kappa shape index (κ2) is 24.1. The fourth-order valence-corrected chi connectivity index (χ4v) is 6.61. The number of phenolic OH excluding ortho intramolecular Hbond substituents is 1. The van der Waals surface area contributed by atoms with Crippen LogP contribution in [0.5, 0.6) is 5.75 Å². The van der Waals surface area contributed by atoms with E-state index in [1.807, 2.05) is 0 Å². The van der Waals surface area contributed by atoms with Gasteiger partial charge < -0.3 is 58.7 Å². The highest BCUT2D eigenvalue weighted by atomic mass is 32.1. The third kappa shape index (κ3) is 17.3. The lowest BCUT2D eigenvalue weighted by Gasteiger charge is -2.39. The van der Waals surface area contributed by atoms with Gasteiger partial charge in [-0.25, -0.2) is 0 Å². The molecule has 2 aliphatic rings. The molecular weight excluding hydrogens is 715 g/mol. The molecule has 1 aromatic carbocycles. The van der Waals surface area contributed by atoms with Gasteiger partial charge in [0.05, 0.1) is 0 Å². The van der Waals surface area contributed by atoms with Crippen LogP contribution in [0, 0.1) is 0 Å². The van der Waals surface area contributed by atoms with Crippen LogP contribution in [-0.2, 0) is 30.4 Å². The summed E-state index contributed by atoms with van der Waals surface area (Å²) in [5, 5.41) is 42.4. The standard InChI is InChI=1S/C36H63N11O6S/c1-35-22-38-14-16-40-24-36(44-19-18-43-35,25-41-17-15-39-23-35)47-32(51)8-5-7-31(50)45-28(20-26-9-11-27(48)12-10-26)34(53)42-13-4-2-3-6-30(49)46-29(21-54)33(37)52/h9-12,28-29,38-41,43-44,48,54H,2-8,13-25H2,1H3,(H2,37,52)(H,42,53)(H,45,50)(H,46,49)(H,47,51)/t28-,29-,35-,36-/m0/s1. The zero-order valence-electron chi connectivity index (χ0n) is 31.6. The molecule has 2 saturated heterocycles. The number of hydrogen-bond donors (Lipinski definition) is 13. The van der Waals surface area contributed by atoms with E-state index >= 15 is 0 Å². The number of benzene rings is 1. The van der Waals surface area contributed by atoms with Gasteiger partial charge in [0.15, 0.2) is 0 Å². The number of amides is 5. The Hall–Kier alpha value is -3.52. The molecule has 0 spiro atoms. The van der Waals surface area contributed by atoms with Crippen LogP contribution in [0.25, 0.3) is 0 Å². The number of fused-ring (bicyclic) bond motifs is 5. The lowest BCUT2D eigenvalue weighted by atomic mass is 10.0. The second-order valence-corrected chi connectivity index (χ2v) is 14.8. The molecule has 0 radical (unpaired) electrons. The normalized spacial score (nSPS) is 22.3. The highest BCUT2D eigenvalue weighted by Crippen LogP contribution is 2.12. The van der Waals surface area contributed by atoms with Crippen LogP contribution < -0.4 is 58.9 Å². The number of unbranched alkanes of at least 4 members (excludes halogenated alkanes) is 2. The van der Waals surface area contributed by atoms with Gasteiger partial charge in [0.1, 0.15) is 23.5 Å². The summed E-state index contributed by atoms with van der Waals surface area (Å²) in [5.41, 5.74) is 5.13. The largest absolute Gasteiger partial charge is 0.508 e. The topological polar surface area (TPSA) is 252 Å². The molecular formula is C36H63N11O6S. The summed E-state index contributed by atoms with van der Waals surface area (Å²) in [6, 6.07) is 4.74. The van der Waals surface area contributed by atoms with Crippen LogP contribution in [0.15, 0.2) is 24.3 Å². The zero-order valence-corrected chi connectivity index (χ0v) is 32.5. The first-order valence-corrected chi connectivity index (χ1v) is 19.7. The number of rotatable bonds is 18. The SMILES string of the molecule is C[C@]12CNCCNC[C@](NC(=O)CCCC(=O)N[C@@H](Cc3ccc(O)cc3)C(=O)NCCCCCC(=O)N[C@@H](CS)C(N)=O)(CNCCNC1)NCCN2. The van der Waals surface area contributed by atoms with Crippen LogP contribution in [0.2, 0.25) is 0 Å². The van der Waals surface area contributed by atoms with Crippen molar-refractivity contribution in [2.45, 2.75) is 81.6 Å². The molecule has 13 N–H and O–H groups in total. The van der Waals surface area contributed by atoms with Gasteiger partial charge in [-0.1, -0.05) is 18.6 Å². The van der Waals surface area contributed by atoms with Crippen LogP contribution in [-0.4, -0.2) is 136 Å². The van der Waals surface area contributed by atoms with Gasteiger partial charge >= 0.3 is 0 Å². The number of nitrogens with two attached hydrogens (primary N) is 1. The summed E-state index contributed by atoms with van der Waals surface area (Å²) < 4.78 is 0. The Bertz CT molecular complexity index is 1320. The first kappa shape index (κ1) is 44.9. The van der Waals surface area contributed by atoms with E-state index in [1.54, 1.807) is 12.1 Å². The molecule has 1 aromatic rings. The number of primary amides is 1. The summed E-state index contributed by atoms with van der Waals surface area (Å²) in [6.07, 6.45) is 2.69. The Balaban J connectivity index is 1.50. The van der Waals surface area contributed by atoms with Crippen molar-refractivity contribution >= 4 is 42.2 Å². The fraction of sp³-hybridized carbons (Fsp3) is 0.694. The third-order valence-electron chi connectivity index (χ3n) is 9.44. The molecule has 2 aliphatic heterocycles. The smallest absolute Gasteiger partial charge is 0.242 e. The maximum atomic E-state index is 13.3. The number of carbonyl (C=O) groups excluding carboxylic acids is 5. The Labute approximate surface area is 324 Å². The van der Waals surface area contributed by atoms with E-state index in [4.69, 9.17) is 5.73 Å². The van der Waals surface area contributed by atoms with Crippen molar-refractivity contribution in [2.75, 3.05) is 77.7 Å². The molecule has 3 rings (SSSR count). The number of aromatic hydroxyl groups is 1. The number of hydrogen-bond acceptors (Lipinski definition) is 13. The Kier molecular flexibility index (Phi) is 20.0. The van der Waals surface area contributed by atoms with Gasteiger partial charge in [-0.3, -0.25) is 29.3 Å². The van der Waals surface area contributed by atoms with Crippen molar-refractivity contribution < 1.29 is 29.1 Å². The first-order valence-electron chi connectivity index (χ1n) is 19.1. The molecule has 18 heteroatoms. The minimum atomic E-state index is -0.874. The zero-order chi connectivity index (χ0) is 39.2. The van der Waals surface area contributed by atoms with Crippen LogP contribution in [0.3, 0.4) is 0 Å². The van der Waals surface area contributed by atoms with Crippen molar-refractivity contribution in [1.29, 1.82) is 0 Å². The van der Waals surface area contributed by atoms with Crippen molar-refractivity contribution in [2.24, 2.45) is 5.73 Å². The molecule has 0 aromatic heterocycles. The predicted octanol–water partition coefficient (Wildman–Crippen LogP) is -2.70. The first-order chi connectivity index (χ1) is 25.9. The lowest BCUT2D eigenvalue weighted by molar-refractivity contribution is -0.129. The highest BCUT2D eigenvalue weighted by Gasteiger charge is 2.32. The fourth-order valence-electron chi connectivity index (χ4n) is 6.34. The van der Waals surface area contributed by atoms with Gasteiger partial charge in [-0.05, 0) is 43.9 Å². The molecule has 2 fully saturated rings. The van der Waals surface area contributed by atoms with E-state index in [0.717, 1.165) is 44.8 Å². The van der Waals surface area contributed by atoms with E-state index in [1.165, 1.54) is 12.1 Å². The molecule has 5 amide bonds. The number of carbonyl (C=O) groups is 5. The maximum absolute atomic E-state index is 13.3. The van der Waals surface area contributed by atoms with Gasteiger partial charge in [0.25, 0.3) is 0 Å². The summed E-state index contributed by atoms with van der Waals surface area (Å²) in [5.74, 6) is -1.62. The number of phenols is 1. The van der Waals surface area contributed by atoms with Crippen molar-refractivity contribution in [3.63, 3.8) is 0 Å². The van der Waals surface area contributed by atoms with Crippen molar-refractivity contribution in [3.8, 4) is 5.75 Å². The summed E-state index contributed by atoms with van der Waals surface area (Å²) in [4.78, 5) is 63.1. The average Bonchev–Trinajstić information content (AvgIpc) is 3.13. The van der Waals surface area contributed by atoms with Crippen LogP contribution >= 0.6 is 12.6 Å². The molecule has 0 unspecified atom stereocenters. The van der Waals surface area contributed by atoms with E-state index in [9.17, 15) is 29.1 Å². The quantitative estimate of drug-likeness (QED) is 0.0538. The third-order valence-corrected chi connectivity index (χ3v) is 9.80. The van der Waals surface area contributed by atoms with Gasteiger partial charge in [-0.2, -0.15) is 12.6 Å². The predicted molar refractivity (Wildman–Crippen MR) is 211 cm³/mol. The second-order valence-electron chi connectivity index (χ2n) is 14.4. The van der Waals surface area contributed by atoms with Gasteiger partial charge in [-0.15, -0.1) is 0 Å². The van der Waals surface area contributed by atoms with Crippen molar-refractivity contribution in [1.82, 2.24) is 53.2 Å². The molecule has 54 heavy (non-hydrogen) atoms. The highest BCUT2D eigenvalue weighted by molar-refractivity contribution is 7.80. The summed E-state index contributed by atoms with van der Waals surface area (Å²) in [6.45, 7) is 9.60. The van der Waals surface area contributed by atoms with E-state index in [-0.39, 0.29) is 72.8 Å². The molecule has 0 aliphatic carbocycles. The van der Waals surface area contributed by atoms with Gasteiger partial charge in [0, 0.05) is 109 Å². The summed E-state index contributed by atoms with van der Waals surface area (Å²) >= 11 is 4.02. The van der Waals surface area contributed by atoms with Gasteiger partial charge in [0.2, 0.25) is 29.5 Å². The van der Waals surface area contributed by atoms with Crippen LogP contribution in [0.4, 0.5) is 0 Å². The Morgan fingerprint density at radius 2 is 1.30 bits per heavy atom. The lowest BCUT2D eigenvalue weighted by Crippen LogP contribution is -2.70. The number of thiol groups is 1. The summed E-state index contributed by atoms with van der Waals surface area (Å²) in [7, 11) is 0. The molecule has 2 bridgehead atoms. The van der Waals surface area contributed by atoms with Crippen LogP contribution in [0.1, 0.15) is 57.4 Å². The minimum Gasteiger partial charge on any atom is -0.508 e.